The van der Waals surface area contributed by atoms with Crippen LogP contribution < -0.4 is 0 Å². The second-order valence-electron chi connectivity index (χ2n) is 5.69. The normalized spacial score (nSPS) is 11.0. The van der Waals surface area contributed by atoms with Gasteiger partial charge in [-0.3, -0.25) is 9.36 Å². The summed E-state index contributed by atoms with van der Waals surface area (Å²) in [5.41, 5.74) is 2.57. The van der Waals surface area contributed by atoms with Crippen molar-refractivity contribution in [1.29, 1.82) is 0 Å². The van der Waals surface area contributed by atoms with Gasteiger partial charge in [0.15, 0.2) is 0 Å². The Labute approximate surface area is 139 Å². The highest BCUT2D eigenvalue weighted by Crippen LogP contribution is 2.17. The largest absolute Gasteiger partial charge is 0.477 e. The summed E-state index contributed by atoms with van der Waals surface area (Å²) in [7, 11) is 0. The predicted octanol–water partition coefficient (Wildman–Crippen LogP) is 2.14. The minimum absolute atomic E-state index is 0.175. The summed E-state index contributed by atoms with van der Waals surface area (Å²) >= 11 is 0. The molecule has 2 rings (SSSR count). The number of hydrogen-bond acceptors (Lipinski definition) is 4. The maximum Gasteiger partial charge on any atom is 0.354 e. The standard InChI is InChI=1S/C16H22N4O4/c1-4-19-14(16(23)24)12(11(3)18-19)7-5-6-8-20-13(15(21)22)9-10(2)17-20/h9H,4-8H2,1-3H3,(H,21,22)(H,23,24). The Kier molecular flexibility index (Phi) is 5.38. The van der Waals surface area contributed by atoms with Crippen molar-refractivity contribution in [3.05, 3.63) is 34.4 Å². The minimum atomic E-state index is -0.996. The van der Waals surface area contributed by atoms with Crippen LogP contribution in [-0.2, 0) is 19.5 Å². The summed E-state index contributed by atoms with van der Waals surface area (Å²) in [6.45, 7) is 6.42. The summed E-state index contributed by atoms with van der Waals surface area (Å²) in [6.07, 6.45) is 2.03. The van der Waals surface area contributed by atoms with E-state index in [0.717, 1.165) is 17.7 Å². The van der Waals surface area contributed by atoms with Crippen LogP contribution >= 0.6 is 0 Å². The number of carboxylic acid groups (broad SMARTS) is 2. The Morgan fingerprint density at radius 1 is 1.08 bits per heavy atom. The molecule has 0 amide bonds. The van der Waals surface area contributed by atoms with E-state index in [1.807, 2.05) is 13.8 Å². The number of nitrogens with zero attached hydrogens (tertiary/aromatic N) is 4. The van der Waals surface area contributed by atoms with Crippen LogP contribution in [0.25, 0.3) is 0 Å². The van der Waals surface area contributed by atoms with Gasteiger partial charge in [-0.1, -0.05) is 0 Å². The molecule has 0 unspecified atom stereocenters. The molecule has 0 bridgehead atoms. The van der Waals surface area contributed by atoms with Crippen molar-refractivity contribution in [3.8, 4) is 0 Å². The van der Waals surface area contributed by atoms with Gasteiger partial charge in [0.1, 0.15) is 11.4 Å². The lowest BCUT2D eigenvalue weighted by Gasteiger charge is -2.06. The molecule has 2 aromatic heterocycles. The third-order valence-corrected chi connectivity index (χ3v) is 3.92. The van der Waals surface area contributed by atoms with Crippen molar-refractivity contribution in [2.24, 2.45) is 0 Å². The molecule has 130 valence electrons. The summed E-state index contributed by atoms with van der Waals surface area (Å²) < 4.78 is 2.99. The third-order valence-electron chi connectivity index (χ3n) is 3.92. The van der Waals surface area contributed by atoms with Gasteiger partial charge in [-0.15, -0.1) is 0 Å². The molecule has 2 N–H and O–H groups in total. The van der Waals surface area contributed by atoms with E-state index in [-0.39, 0.29) is 11.4 Å². The van der Waals surface area contributed by atoms with Gasteiger partial charge in [0.2, 0.25) is 0 Å². The quantitative estimate of drug-likeness (QED) is 0.716. The van der Waals surface area contributed by atoms with Gasteiger partial charge in [-0.05, 0) is 46.1 Å². The number of carbonyl (C=O) groups is 2. The predicted molar refractivity (Wildman–Crippen MR) is 86.5 cm³/mol. The first-order valence-electron chi connectivity index (χ1n) is 7.92. The van der Waals surface area contributed by atoms with E-state index in [1.165, 1.54) is 9.36 Å². The second kappa shape index (κ2) is 7.29. The average Bonchev–Trinajstić information content (AvgIpc) is 3.03. The van der Waals surface area contributed by atoms with Gasteiger partial charge in [-0.25, -0.2) is 9.59 Å². The molecule has 8 nitrogen and oxygen atoms in total. The minimum Gasteiger partial charge on any atom is -0.477 e. The van der Waals surface area contributed by atoms with Gasteiger partial charge >= 0.3 is 11.9 Å². The lowest BCUT2D eigenvalue weighted by molar-refractivity contribution is 0.0671. The molecule has 24 heavy (non-hydrogen) atoms. The summed E-state index contributed by atoms with van der Waals surface area (Å²) in [6, 6.07) is 1.54. The molecular weight excluding hydrogens is 312 g/mol. The van der Waals surface area contributed by atoms with Crippen LogP contribution in [0.5, 0.6) is 0 Å². The number of aromatic carboxylic acids is 2. The van der Waals surface area contributed by atoms with Crippen LogP contribution in [0.1, 0.15) is 57.7 Å². The fraction of sp³-hybridized carbons (Fsp3) is 0.500. The first-order chi connectivity index (χ1) is 11.3. The van der Waals surface area contributed by atoms with E-state index < -0.39 is 11.9 Å². The molecule has 0 fully saturated rings. The molecule has 0 aliphatic carbocycles. The van der Waals surface area contributed by atoms with Crippen LogP contribution in [0.4, 0.5) is 0 Å². The zero-order chi connectivity index (χ0) is 17.9. The summed E-state index contributed by atoms with van der Waals surface area (Å²) in [4.78, 5) is 22.6. The SMILES string of the molecule is CCn1nc(C)c(CCCCn2nc(C)cc2C(=O)O)c1C(=O)O. The highest BCUT2D eigenvalue weighted by molar-refractivity contribution is 5.87. The Morgan fingerprint density at radius 3 is 2.38 bits per heavy atom. The lowest BCUT2D eigenvalue weighted by Crippen LogP contribution is -2.11. The van der Waals surface area contributed by atoms with Crippen molar-refractivity contribution >= 4 is 11.9 Å². The van der Waals surface area contributed by atoms with Crippen molar-refractivity contribution in [1.82, 2.24) is 19.6 Å². The summed E-state index contributed by atoms with van der Waals surface area (Å²) in [5.74, 6) is -1.97. The maximum absolute atomic E-state index is 11.5. The highest BCUT2D eigenvalue weighted by Gasteiger charge is 2.20. The van der Waals surface area contributed by atoms with E-state index in [4.69, 9.17) is 5.11 Å². The molecular formula is C16H22N4O4. The van der Waals surface area contributed by atoms with Crippen LogP contribution in [0.2, 0.25) is 0 Å². The number of unbranched alkanes of at least 4 members (excludes halogenated alkanes) is 1. The van der Waals surface area contributed by atoms with Crippen molar-refractivity contribution in [2.75, 3.05) is 0 Å². The topological polar surface area (TPSA) is 110 Å². The lowest BCUT2D eigenvalue weighted by atomic mass is 10.1. The number of carboxylic acids is 2. The molecule has 0 aromatic carbocycles. The smallest absolute Gasteiger partial charge is 0.354 e. The first-order valence-corrected chi connectivity index (χ1v) is 7.92. The molecule has 0 aliphatic heterocycles. The molecule has 0 aliphatic rings. The number of aromatic nitrogens is 4. The van der Waals surface area contributed by atoms with E-state index in [2.05, 4.69) is 10.2 Å². The number of aryl methyl sites for hydroxylation is 4. The van der Waals surface area contributed by atoms with Crippen molar-refractivity contribution in [3.63, 3.8) is 0 Å². The fourth-order valence-electron chi connectivity index (χ4n) is 2.84. The van der Waals surface area contributed by atoms with Gasteiger partial charge in [0.05, 0.1) is 11.4 Å². The Bertz CT molecular complexity index is 760. The Hall–Kier alpha value is -2.64. The van der Waals surface area contributed by atoms with Crippen LogP contribution in [-0.4, -0.2) is 41.7 Å². The van der Waals surface area contributed by atoms with Crippen molar-refractivity contribution < 1.29 is 19.8 Å². The van der Waals surface area contributed by atoms with E-state index in [1.54, 1.807) is 13.0 Å². The zero-order valence-electron chi connectivity index (χ0n) is 14.1. The van der Waals surface area contributed by atoms with Gasteiger partial charge in [-0.2, -0.15) is 10.2 Å². The molecule has 0 spiro atoms. The molecule has 8 heteroatoms. The molecule has 0 saturated heterocycles. The van der Waals surface area contributed by atoms with Crippen LogP contribution in [0.15, 0.2) is 6.07 Å². The van der Waals surface area contributed by atoms with E-state index >= 15 is 0 Å². The van der Waals surface area contributed by atoms with Gasteiger partial charge in [0, 0.05) is 18.7 Å². The van der Waals surface area contributed by atoms with Crippen LogP contribution in [0, 0.1) is 13.8 Å². The first kappa shape index (κ1) is 17.7. The molecule has 2 aromatic rings. The molecule has 0 saturated carbocycles. The van der Waals surface area contributed by atoms with Crippen LogP contribution in [0.3, 0.4) is 0 Å². The molecule has 0 atom stereocenters. The molecule has 0 radical (unpaired) electrons. The zero-order valence-corrected chi connectivity index (χ0v) is 14.1. The fourth-order valence-corrected chi connectivity index (χ4v) is 2.84. The number of rotatable bonds is 8. The van der Waals surface area contributed by atoms with Gasteiger partial charge in [0.25, 0.3) is 0 Å². The van der Waals surface area contributed by atoms with E-state index in [0.29, 0.717) is 31.6 Å². The third kappa shape index (κ3) is 3.64. The second-order valence-corrected chi connectivity index (χ2v) is 5.69. The van der Waals surface area contributed by atoms with Crippen molar-refractivity contribution in [2.45, 2.75) is 53.1 Å². The Morgan fingerprint density at radius 2 is 1.79 bits per heavy atom. The maximum atomic E-state index is 11.5. The monoisotopic (exact) mass is 334 g/mol. The highest BCUT2D eigenvalue weighted by atomic mass is 16.4. The molecule has 2 heterocycles. The van der Waals surface area contributed by atoms with E-state index in [9.17, 15) is 14.7 Å². The average molecular weight is 334 g/mol. The summed E-state index contributed by atoms with van der Waals surface area (Å²) in [5, 5.41) is 27.0. The number of hydrogen-bond donors (Lipinski definition) is 2. The Balaban J connectivity index is 2.02. The van der Waals surface area contributed by atoms with Gasteiger partial charge < -0.3 is 10.2 Å².